The van der Waals surface area contributed by atoms with Crippen LogP contribution in [-0.4, -0.2) is 58.0 Å². The minimum Gasteiger partial charge on any atom is -0.481 e. The maximum atomic E-state index is 11.8. The van der Waals surface area contributed by atoms with Crippen molar-refractivity contribution in [1.82, 2.24) is 10.6 Å². The normalized spacial score (nSPS) is 14.3. The molecule has 0 aromatic heterocycles. The van der Waals surface area contributed by atoms with Crippen molar-refractivity contribution in [3.8, 4) is 0 Å². The van der Waals surface area contributed by atoms with Gasteiger partial charge < -0.3 is 32.3 Å². The topological polar surface area (TPSA) is 202 Å². The van der Waals surface area contributed by atoms with Crippen molar-refractivity contribution in [2.75, 3.05) is 0 Å². The molecule has 0 saturated carbocycles. The third-order valence-electron chi connectivity index (χ3n) is 2.50. The van der Waals surface area contributed by atoms with Crippen LogP contribution < -0.4 is 22.1 Å². The number of hydrogen-bond acceptors (Lipinski definition) is 6. The number of amides is 3. The molecule has 3 amide bonds. The van der Waals surface area contributed by atoms with E-state index in [9.17, 15) is 24.0 Å². The van der Waals surface area contributed by atoms with E-state index in [2.05, 4.69) is 0 Å². The molecule has 124 valence electrons. The number of nitrogens with one attached hydrogen (secondary N) is 2. The Labute approximate surface area is 125 Å². The van der Waals surface area contributed by atoms with Gasteiger partial charge in [0.1, 0.15) is 12.1 Å². The van der Waals surface area contributed by atoms with E-state index in [1.807, 2.05) is 10.6 Å². The molecule has 0 bridgehead atoms. The lowest BCUT2D eigenvalue weighted by Gasteiger charge is -2.20. The molecule has 0 aromatic carbocycles. The van der Waals surface area contributed by atoms with Crippen LogP contribution in [0.5, 0.6) is 0 Å². The number of hydrogen-bond donors (Lipinski definition) is 6. The highest BCUT2D eigenvalue weighted by molar-refractivity contribution is 5.95. The SMILES string of the molecule is CC(NC(=O)C(CC(=O)O)NC(=O)C(N)CC(N)=O)C(=O)O. The number of carbonyl (C=O) groups is 5. The maximum Gasteiger partial charge on any atom is 0.325 e. The lowest BCUT2D eigenvalue weighted by atomic mass is 10.1. The summed E-state index contributed by atoms with van der Waals surface area (Å²) in [6.45, 7) is 1.17. The molecule has 0 aliphatic heterocycles. The monoisotopic (exact) mass is 318 g/mol. The quantitative estimate of drug-likeness (QED) is 0.254. The van der Waals surface area contributed by atoms with Gasteiger partial charge in [0.25, 0.3) is 0 Å². The Bertz CT molecular complexity index is 479. The highest BCUT2D eigenvalue weighted by Crippen LogP contribution is 1.97. The van der Waals surface area contributed by atoms with E-state index < -0.39 is 60.6 Å². The van der Waals surface area contributed by atoms with Crippen molar-refractivity contribution in [1.29, 1.82) is 0 Å². The van der Waals surface area contributed by atoms with E-state index >= 15 is 0 Å². The largest absolute Gasteiger partial charge is 0.481 e. The van der Waals surface area contributed by atoms with Gasteiger partial charge in [0.05, 0.1) is 18.9 Å². The number of carboxylic acids is 2. The van der Waals surface area contributed by atoms with Crippen LogP contribution in [0.2, 0.25) is 0 Å². The van der Waals surface area contributed by atoms with Gasteiger partial charge in [-0.25, -0.2) is 0 Å². The molecular formula is C11H18N4O7. The number of aliphatic carboxylic acids is 2. The van der Waals surface area contributed by atoms with Crippen LogP contribution in [-0.2, 0) is 24.0 Å². The number of nitrogens with two attached hydrogens (primary N) is 2. The average Bonchev–Trinajstić information content (AvgIpc) is 2.35. The van der Waals surface area contributed by atoms with Crippen LogP contribution in [0.4, 0.5) is 0 Å². The third-order valence-corrected chi connectivity index (χ3v) is 2.50. The standard InChI is InChI=1S/C11H18N4O7/c1-4(11(21)22)14-10(20)6(3-8(17)18)15-9(19)5(12)2-7(13)16/h4-6H,2-3,12H2,1H3,(H2,13,16)(H,14,20)(H,15,19)(H,17,18)(H,21,22). The van der Waals surface area contributed by atoms with Crippen molar-refractivity contribution < 1.29 is 34.2 Å². The Hall–Kier alpha value is -2.69. The molecule has 3 atom stereocenters. The van der Waals surface area contributed by atoms with Crippen LogP contribution in [0.1, 0.15) is 19.8 Å². The Balaban J connectivity index is 4.86. The molecule has 0 fully saturated rings. The minimum absolute atomic E-state index is 0.487. The molecule has 11 heteroatoms. The zero-order valence-electron chi connectivity index (χ0n) is 11.7. The summed E-state index contributed by atoms with van der Waals surface area (Å²) in [6.07, 6.45) is -1.27. The molecule has 0 spiro atoms. The first-order valence-electron chi connectivity index (χ1n) is 6.13. The summed E-state index contributed by atoms with van der Waals surface area (Å²) < 4.78 is 0. The molecule has 0 rings (SSSR count). The predicted molar refractivity (Wildman–Crippen MR) is 71.2 cm³/mol. The number of carbonyl (C=O) groups excluding carboxylic acids is 3. The van der Waals surface area contributed by atoms with Gasteiger partial charge in [-0.3, -0.25) is 24.0 Å². The van der Waals surface area contributed by atoms with Crippen LogP contribution in [0, 0.1) is 0 Å². The van der Waals surface area contributed by atoms with Crippen molar-refractivity contribution in [3.63, 3.8) is 0 Å². The fourth-order valence-electron chi connectivity index (χ4n) is 1.35. The van der Waals surface area contributed by atoms with E-state index in [4.69, 9.17) is 21.7 Å². The van der Waals surface area contributed by atoms with Gasteiger partial charge in [-0.05, 0) is 6.92 Å². The first-order valence-corrected chi connectivity index (χ1v) is 6.13. The molecule has 22 heavy (non-hydrogen) atoms. The summed E-state index contributed by atoms with van der Waals surface area (Å²) in [5, 5.41) is 21.5. The lowest BCUT2D eigenvalue weighted by molar-refractivity contribution is -0.143. The second-order valence-corrected chi connectivity index (χ2v) is 4.50. The van der Waals surface area contributed by atoms with Crippen LogP contribution in [0.25, 0.3) is 0 Å². The summed E-state index contributed by atoms with van der Waals surface area (Å²) in [6, 6.07) is -4.16. The van der Waals surface area contributed by atoms with E-state index in [1.54, 1.807) is 0 Å². The van der Waals surface area contributed by atoms with Gasteiger partial charge in [-0.15, -0.1) is 0 Å². The molecule has 11 nitrogen and oxygen atoms in total. The second kappa shape index (κ2) is 8.56. The smallest absolute Gasteiger partial charge is 0.325 e. The molecule has 0 aromatic rings. The molecule has 0 radical (unpaired) electrons. The summed E-state index contributed by atoms with van der Waals surface area (Å²) in [7, 11) is 0. The second-order valence-electron chi connectivity index (χ2n) is 4.50. The van der Waals surface area contributed by atoms with Crippen LogP contribution in [0.3, 0.4) is 0 Å². The highest BCUT2D eigenvalue weighted by atomic mass is 16.4. The molecule has 8 N–H and O–H groups in total. The number of rotatable bonds is 9. The van der Waals surface area contributed by atoms with Crippen molar-refractivity contribution >= 4 is 29.7 Å². The zero-order chi connectivity index (χ0) is 17.4. The van der Waals surface area contributed by atoms with Gasteiger partial charge >= 0.3 is 11.9 Å². The lowest BCUT2D eigenvalue weighted by Crippen LogP contribution is -2.55. The predicted octanol–water partition coefficient (Wildman–Crippen LogP) is -3.26. The summed E-state index contributed by atoms with van der Waals surface area (Å²) in [4.78, 5) is 55.5. The molecule has 0 heterocycles. The Kier molecular flexibility index (Phi) is 7.52. The Morgan fingerprint density at radius 3 is 1.95 bits per heavy atom. The van der Waals surface area contributed by atoms with Crippen LogP contribution in [0.15, 0.2) is 0 Å². The minimum atomic E-state index is -1.54. The first-order chi connectivity index (χ1) is 10.0. The number of carboxylic acid groups (broad SMARTS) is 2. The molecule has 3 unspecified atom stereocenters. The van der Waals surface area contributed by atoms with Gasteiger partial charge in [0, 0.05) is 0 Å². The van der Waals surface area contributed by atoms with E-state index in [-0.39, 0.29) is 0 Å². The molecular weight excluding hydrogens is 300 g/mol. The molecule has 0 aliphatic rings. The highest BCUT2D eigenvalue weighted by Gasteiger charge is 2.28. The fraction of sp³-hybridized carbons (Fsp3) is 0.545. The Morgan fingerprint density at radius 1 is 1.00 bits per heavy atom. The summed E-state index contributed by atoms with van der Waals surface area (Å²) in [5.74, 6) is -5.53. The van der Waals surface area contributed by atoms with Gasteiger partial charge in [0.2, 0.25) is 17.7 Å². The molecule has 0 aliphatic carbocycles. The van der Waals surface area contributed by atoms with E-state index in [0.717, 1.165) is 0 Å². The van der Waals surface area contributed by atoms with E-state index in [1.165, 1.54) is 6.92 Å². The maximum absolute atomic E-state index is 11.8. The Morgan fingerprint density at radius 2 is 1.55 bits per heavy atom. The summed E-state index contributed by atoms with van der Waals surface area (Å²) >= 11 is 0. The first kappa shape index (κ1) is 19.3. The van der Waals surface area contributed by atoms with Crippen LogP contribution >= 0.6 is 0 Å². The van der Waals surface area contributed by atoms with Gasteiger partial charge in [-0.2, -0.15) is 0 Å². The van der Waals surface area contributed by atoms with Crippen molar-refractivity contribution in [2.24, 2.45) is 11.5 Å². The van der Waals surface area contributed by atoms with E-state index in [0.29, 0.717) is 0 Å². The fourth-order valence-corrected chi connectivity index (χ4v) is 1.35. The zero-order valence-corrected chi connectivity index (χ0v) is 11.7. The molecule has 0 saturated heterocycles. The van der Waals surface area contributed by atoms with Crippen molar-refractivity contribution in [2.45, 2.75) is 37.9 Å². The van der Waals surface area contributed by atoms with Gasteiger partial charge in [-0.1, -0.05) is 0 Å². The van der Waals surface area contributed by atoms with Crippen molar-refractivity contribution in [3.05, 3.63) is 0 Å². The number of primary amides is 1. The third kappa shape index (κ3) is 7.19. The summed E-state index contributed by atoms with van der Waals surface area (Å²) in [5.41, 5.74) is 10.2. The van der Waals surface area contributed by atoms with Gasteiger partial charge in [0.15, 0.2) is 0 Å². The average molecular weight is 318 g/mol.